The minimum absolute atomic E-state index is 0.409. The van der Waals surface area contributed by atoms with Crippen LogP contribution in [-0.4, -0.2) is 11.2 Å². The van der Waals surface area contributed by atoms with Gasteiger partial charge in [0.05, 0.1) is 0 Å². The van der Waals surface area contributed by atoms with E-state index in [0.29, 0.717) is 5.41 Å². The number of thioether (sulfide) groups is 1. The Morgan fingerprint density at radius 1 is 1.19 bits per heavy atom. The zero-order chi connectivity index (χ0) is 15.7. The Bertz CT molecular complexity index is 466. The van der Waals surface area contributed by atoms with Gasteiger partial charge in [-0.25, -0.2) is 0 Å². The molecule has 2 heteroatoms. The van der Waals surface area contributed by atoms with E-state index in [4.69, 9.17) is 0 Å². The quantitative estimate of drug-likeness (QED) is 0.570. The molecule has 0 unspecified atom stereocenters. The average molecular weight is 304 g/mol. The molecule has 0 aromatic carbocycles. The highest BCUT2D eigenvalue weighted by atomic mass is 32.2. The van der Waals surface area contributed by atoms with Crippen molar-refractivity contribution in [3.05, 3.63) is 52.7 Å². The number of allylic oxidation sites excluding steroid dienone is 4. The first-order valence-corrected chi connectivity index (χ1v) is 8.93. The van der Waals surface area contributed by atoms with Crippen molar-refractivity contribution >= 4 is 11.8 Å². The highest BCUT2D eigenvalue weighted by Gasteiger charge is 2.10. The number of hydrogen-bond acceptors (Lipinski definition) is 2. The summed E-state index contributed by atoms with van der Waals surface area (Å²) < 4.78 is 0. The maximum absolute atomic E-state index is 4.37. The Morgan fingerprint density at radius 2 is 1.95 bits per heavy atom. The topological polar surface area (TPSA) is 12.9 Å². The van der Waals surface area contributed by atoms with Gasteiger partial charge in [-0.2, -0.15) is 0 Å². The van der Waals surface area contributed by atoms with E-state index >= 15 is 0 Å². The van der Waals surface area contributed by atoms with Crippen molar-refractivity contribution in [1.29, 1.82) is 0 Å². The molecule has 0 saturated heterocycles. The maximum Gasteiger partial charge on any atom is 0.0406 e. The highest BCUT2D eigenvalue weighted by Crippen LogP contribution is 2.27. The Balaban J connectivity index is 2.49. The van der Waals surface area contributed by atoms with Crippen LogP contribution < -0.4 is 0 Å². The van der Waals surface area contributed by atoms with Gasteiger partial charge in [-0.05, 0) is 61.3 Å². The number of aromatic nitrogens is 1. The minimum atomic E-state index is 0.409. The molecule has 0 spiro atoms. The molecule has 0 saturated carbocycles. The summed E-state index contributed by atoms with van der Waals surface area (Å²) in [5.74, 6) is 0. The van der Waals surface area contributed by atoms with Crippen LogP contribution in [0.2, 0.25) is 0 Å². The van der Waals surface area contributed by atoms with E-state index in [1.54, 1.807) is 0 Å². The third-order valence-corrected chi connectivity index (χ3v) is 4.30. The van der Waals surface area contributed by atoms with Crippen LogP contribution in [0.15, 0.2) is 47.0 Å². The molecule has 0 radical (unpaired) electrons. The molecule has 0 N–H and O–H groups in total. The van der Waals surface area contributed by atoms with E-state index in [2.05, 4.69) is 63.2 Å². The SMILES string of the molecule is CS/C(=C\C=C(/C)CCc1ccccn1)CCC(C)(C)C. The third kappa shape index (κ3) is 8.77. The Kier molecular flexibility index (Phi) is 7.81. The number of hydrogen-bond donors (Lipinski definition) is 0. The first-order chi connectivity index (χ1) is 9.90. The van der Waals surface area contributed by atoms with Gasteiger partial charge in [-0.15, -0.1) is 11.8 Å². The number of rotatable bonds is 7. The Morgan fingerprint density at radius 3 is 2.52 bits per heavy atom. The molecule has 21 heavy (non-hydrogen) atoms. The molecule has 0 bridgehead atoms. The summed E-state index contributed by atoms with van der Waals surface area (Å²) in [4.78, 5) is 5.85. The molecule has 1 heterocycles. The van der Waals surface area contributed by atoms with Crippen molar-refractivity contribution in [2.45, 2.75) is 53.4 Å². The Hall–Kier alpha value is -1.02. The van der Waals surface area contributed by atoms with Gasteiger partial charge in [-0.1, -0.05) is 44.6 Å². The molecule has 116 valence electrons. The van der Waals surface area contributed by atoms with E-state index in [1.807, 2.05) is 24.0 Å². The molecule has 1 aromatic rings. The predicted octanol–water partition coefficient (Wildman–Crippen LogP) is 6.03. The van der Waals surface area contributed by atoms with Crippen LogP contribution in [0.25, 0.3) is 0 Å². The molecule has 0 aliphatic rings. The van der Waals surface area contributed by atoms with Gasteiger partial charge in [0, 0.05) is 11.9 Å². The first-order valence-electron chi connectivity index (χ1n) is 7.71. The van der Waals surface area contributed by atoms with Gasteiger partial charge < -0.3 is 0 Å². The molecule has 0 atom stereocenters. The van der Waals surface area contributed by atoms with E-state index in [1.165, 1.54) is 29.0 Å². The summed E-state index contributed by atoms with van der Waals surface area (Å²) >= 11 is 1.87. The molecule has 0 aliphatic heterocycles. The molecule has 0 fully saturated rings. The molecule has 0 aliphatic carbocycles. The lowest BCUT2D eigenvalue weighted by Gasteiger charge is -2.18. The van der Waals surface area contributed by atoms with Gasteiger partial charge in [0.2, 0.25) is 0 Å². The summed E-state index contributed by atoms with van der Waals surface area (Å²) in [6.45, 7) is 9.12. The summed E-state index contributed by atoms with van der Waals surface area (Å²) in [5, 5.41) is 0. The summed E-state index contributed by atoms with van der Waals surface area (Å²) in [6, 6.07) is 6.12. The van der Waals surface area contributed by atoms with Crippen LogP contribution in [0.5, 0.6) is 0 Å². The standard InChI is InChI=1S/C19H29NS/c1-16(9-11-17-8-6-7-15-20-17)10-12-18(21-5)13-14-19(2,3)4/h6-8,10,12,15H,9,11,13-14H2,1-5H3/b16-10+,18-12-. The molecule has 1 nitrogen and oxygen atoms in total. The fourth-order valence-corrected chi connectivity index (χ4v) is 2.45. The second-order valence-corrected chi connectivity index (χ2v) is 7.66. The fourth-order valence-electron chi connectivity index (χ4n) is 1.94. The van der Waals surface area contributed by atoms with Gasteiger partial charge in [0.25, 0.3) is 0 Å². The second-order valence-electron chi connectivity index (χ2n) is 6.73. The van der Waals surface area contributed by atoms with Crippen molar-refractivity contribution in [3.8, 4) is 0 Å². The lowest BCUT2D eigenvalue weighted by atomic mass is 9.90. The van der Waals surface area contributed by atoms with Gasteiger partial charge in [-0.3, -0.25) is 4.98 Å². The van der Waals surface area contributed by atoms with Gasteiger partial charge in [0.15, 0.2) is 0 Å². The summed E-state index contributed by atoms with van der Waals surface area (Å²) in [7, 11) is 0. The predicted molar refractivity (Wildman–Crippen MR) is 96.6 cm³/mol. The molecule has 1 aromatic heterocycles. The minimum Gasteiger partial charge on any atom is -0.261 e. The van der Waals surface area contributed by atoms with Crippen molar-refractivity contribution in [2.24, 2.45) is 5.41 Å². The number of pyridine rings is 1. The fraction of sp³-hybridized carbons (Fsp3) is 0.526. The average Bonchev–Trinajstić information content (AvgIpc) is 2.45. The Labute approximate surface area is 135 Å². The third-order valence-electron chi connectivity index (χ3n) is 3.44. The second kappa shape index (κ2) is 9.09. The lowest BCUT2D eigenvalue weighted by molar-refractivity contribution is 0.380. The van der Waals surface area contributed by atoms with Crippen LogP contribution in [0.1, 0.15) is 52.7 Å². The molecule has 0 amide bonds. The zero-order valence-corrected chi connectivity index (χ0v) is 15.0. The van der Waals surface area contributed by atoms with E-state index in [0.717, 1.165) is 12.8 Å². The van der Waals surface area contributed by atoms with Crippen LogP contribution in [0.4, 0.5) is 0 Å². The van der Waals surface area contributed by atoms with Crippen LogP contribution in [0.3, 0.4) is 0 Å². The van der Waals surface area contributed by atoms with Crippen molar-refractivity contribution in [2.75, 3.05) is 6.26 Å². The summed E-state index contributed by atoms with van der Waals surface area (Å²) in [5.41, 5.74) is 3.00. The molecular formula is C19H29NS. The van der Waals surface area contributed by atoms with Crippen LogP contribution >= 0.6 is 11.8 Å². The van der Waals surface area contributed by atoms with Gasteiger partial charge in [0.1, 0.15) is 0 Å². The van der Waals surface area contributed by atoms with E-state index < -0.39 is 0 Å². The maximum atomic E-state index is 4.37. The van der Waals surface area contributed by atoms with E-state index in [9.17, 15) is 0 Å². The number of aryl methyl sites for hydroxylation is 1. The zero-order valence-electron chi connectivity index (χ0n) is 14.1. The molecule has 1 rings (SSSR count). The lowest BCUT2D eigenvalue weighted by Crippen LogP contribution is -2.04. The summed E-state index contributed by atoms with van der Waals surface area (Å²) in [6.07, 6.45) is 13.1. The highest BCUT2D eigenvalue weighted by molar-refractivity contribution is 8.02. The van der Waals surface area contributed by atoms with Crippen molar-refractivity contribution in [3.63, 3.8) is 0 Å². The van der Waals surface area contributed by atoms with Gasteiger partial charge >= 0.3 is 0 Å². The number of nitrogens with zero attached hydrogens (tertiary/aromatic N) is 1. The van der Waals surface area contributed by atoms with Crippen molar-refractivity contribution < 1.29 is 0 Å². The molecular weight excluding hydrogens is 274 g/mol. The largest absolute Gasteiger partial charge is 0.261 e. The smallest absolute Gasteiger partial charge is 0.0406 e. The first kappa shape index (κ1) is 18.0. The van der Waals surface area contributed by atoms with E-state index in [-0.39, 0.29) is 0 Å². The van der Waals surface area contributed by atoms with Crippen LogP contribution in [0, 0.1) is 5.41 Å². The van der Waals surface area contributed by atoms with Crippen LogP contribution in [-0.2, 0) is 6.42 Å². The van der Waals surface area contributed by atoms with Crippen molar-refractivity contribution in [1.82, 2.24) is 4.98 Å². The normalized spacial score (nSPS) is 13.6. The monoisotopic (exact) mass is 303 g/mol.